The number of aromatic nitrogens is 4. The van der Waals surface area contributed by atoms with Gasteiger partial charge in [0.2, 0.25) is 5.82 Å². The number of aliphatic hydroxyl groups is 2. The van der Waals surface area contributed by atoms with E-state index in [2.05, 4.69) is 50.2 Å². The maximum atomic E-state index is 12.4. The van der Waals surface area contributed by atoms with E-state index in [9.17, 15) is 15.0 Å². The molecule has 4 aromatic rings. The Bertz CT molecular complexity index is 1680. The lowest BCUT2D eigenvalue weighted by molar-refractivity contribution is -0.128. The Labute approximate surface area is 233 Å². The molecular formula is C30H26BrN5O3. The van der Waals surface area contributed by atoms with Crippen molar-refractivity contribution < 1.29 is 15.0 Å². The molecule has 3 unspecified atom stereocenters. The molecule has 3 aliphatic rings. The van der Waals surface area contributed by atoms with Gasteiger partial charge in [0.1, 0.15) is 11.9 Å². The number of Topliss-reactive ketones (excluding diaryl/α,β-unsaturated/α-hetero) is 1. The quantitative estimate of drug-likeness (QED) is 0.306. The number of hydrogen-bond donors (Lipinski definition) is 3. The second-order valence-electron chi connectivity index (χ2n) is 10.8. The average Bonchev–Trinajstić information content (AvgIpc) is 3.81. The molecule has 0 radical (unpaired) electrons. The van der Waals surface area contributed by atoms with Gasteiger partial charge in [0, 0.05) is 22.0 Å². The third-order valence-corrected chi connectivity index (χ3v) is 9.05. The Morgan fingerprint density at radius 2 is 1.95 bits per heavy atom. The molecule has 3 saturated carbocycles. The number of carbonyl (C=O) groups excluding carboxylic acids is 1. The molecule has 3 N–H and O–H groups in total. The first-order valence-corrected chi connectivity index (χ1v) is 13.9. The molecule has 3 aliphatic carbocycles. The van der Waals surface area contributed by atoms with Crippen LogP contribution in [0.3, 0.4) is 0 Å². The summed E-state index contributed by atoms with van der Waals surface area (Å²) in [6, 6.07) is 17.8. The summed E-state index contributed by atoms with van der Waals surface area (Å²) in [6.45, 7) is 1.49. The molecule has 0 amide bonds. The third kappa shape index (κ3) is 3.97. The maximum Gasteiger partial charge on any atom is 0.209 e. The zero-order valence-corrected chi connectivity index (χ0v) is 22.7. The Kier molecular flexibility index (Phi) is 5.63. The van der Waals surface area contributed by atoms with Gasteiger partial charge < -0.3 is 20.1 Å². The molecule has 3 fully saturated rings. The first-order chi connectivity index (χ1) is 18.9. The number of halogens is 1. The number of nitrogens with zero attached hydrogens (tertiary/aromatic N) is 4. The molecule has 9 heteroatoms. The molecule has 2 heterocycles. The molecule has 7 atom stereocenters. The van der Waals surface area contributed by atoms with Gasteiger partial charge in [-0.1, -0.05) is 58.2 Å². The highest BCUT2D eigenvalue weighted by Crippen LogP contribution is 2.68. The van der Waals surface area contributed by atoms with Crippen molar-refractivity contribution in [3.63, 3.8) is 0 Å². The van der Waals surface area contributed by atoms with Gasteiger partial charge in [-0.05, 0) is 55.4 Å². The summed E-state index contributed by atoms with van der Waals surface area (Å²) in [4.78, 5) is 26.5. The molecular weight excluding hydrogens is 558 g/mol. The lowest BCUT2D eigenvalue weighted by Crippen LogP contribution is -2.36. The van der Waals surface area contributed by atoms with E-state index in [0.717, 1.165) is 16.5 Å². The molecule has 0 aliphatic heterocycles. The number of ketones is 1. The number of benzene rings is 2. The van der Waals surface area contributed by atoms with Gasteiger partial charge in [0.25, 0.3) is 0 Å². The van der Waals surface area contributed by atoms with Crippen LogP contribution in [0, 0.1) is 23.2 Å². The highest BCUT2D eigenvalue weighted by molar-refractivity contribution is 9.10. The van der Waals surface area contributed by atoms with Crippen molar-refractivity contribution in [2.45, 2.75) is 50.0 Å². The van der Waals surface area contributed by atoms with E-state index in [1.807, 2.05) is 42.5 Å². The molecule has 2 aromatic carbocycles. The first-order valence-electron chi connectivity index (χ1n) is 13.1. The van der Waals surface area contributed by atoms with Gasteiger partial charge in [0.05, 0.1) is 23.9 Å². The van der Waals surface area contributed by atoms with E-state index in [4.69, 9.17) is 9.97 Å². The monoisotopic (exact) mass is 583 g/mol. The van der Waals surface area contributed by atoms with Crippen molar-refractivity contribution in [2.24, 2.45) is 11.3 Å². The van der Waals surface area contributed by atoms with Crippen molar-refractivity contribution in [3.05, 3.63) is 82.3 Å². The standard InChI is InChI=1S/C30H26BrN5O3/c1-16(37)30-14-21(30)25(26(38)27(30)39)36-15-32-24-28(33-22-13-20(22)18-7-3-2-4-8-18)34-23(35-29(24)36)11-10-17-6-5-9-19(31)12-17/h2-9,12,15,20-22,25-27,38-39H,13-14H2,1H3,(H,33,34,35)/t20?,21?,22-,25-,26+,27?,30+/m1/s1. The predicted molar refractivity (Wildman–Crippen MR) is 149 cm³/mol. The molecule has 2 aromatic heterocycles. The van der Waals surface area contributed by atoms with E-state index in [1.165, 1.54) is 12.5 Å². The van der Waals surface area contributed by atoms with Gasteiger partial charge in [-0.3, -0.25) is 4.79 Å². The normalized spacial score (nSPS) is 30.4. The number of rotatable bonds is 5. The lowest BCUT2D eigenvalue weighted by atomic mass is 9.95. The second-order valence-corrected chi connectivity index (χ2v) is 11.7. The molecule has 8 nitrogen and oxygen atoms in total. The van der Waals surface area contributed by atoms with E-state index >= 15 is 0 Å². The fourth-order valence-electron chi connectivity index (χ4n) is 6.36. The summed E-state index contributed by atoms with van der Waals surface area (Å²) in [7, 11) is 0. The number of carbonyl (C=O) groups is 1. The summed E-state index contributed by atoms with van der Waals surface area (Å²) in [5.74, 6) is 7.25. The molecule has 0 bridgehead atoms. The summed E-state index contributed by atoms with van der Waals surface area (Å²) in [6.07, 6.45) is 0.935. The zero-order chi connectivity index (χ0) is 26.9. The fourth-order valence-corrected chi connectivity index (χ4v) is 6.76. The Balaban J connectivity index is 1.29. The van der Waals surface area contributed by atoms with Crippen LogP contribution in [0.1, 0.15) is 48.7 Å². The smallest absolute Gasteiger partial charge is 0.209 e. The number of aliphatic hydroxyl groups excluding tert-OH is 2. The Hall–Kier alpha value is -3.58. The van der Waals surface area contributed by atoms with E-state index in [1.54, 1.807) is 10.9 Å². The van der Waals surface area contributed by atoms with Crippen LogP contribution in [0.5, 0.6) is 0 Å². The first kappa shape index (κ1) is 24.5. The van der Waals surface area contributed by atoms with Gasteiger partial charge in [0.15, 0.2) is 17.0 Å². The highest BCUT2D eigenvalue weighted by atomic mass is 79.9. The van der Waals surface area contributed by atoms with Crippen molar-refractivity contribution in [1.29, 1.82) is 0 Å². The van der Waals surface area contributed by atoms with Crippen LogP contribution in [-0.4, -0.2) is 53.8 Å². The number of anilines is 1. The van der Waals surface area contributed by atoms with Crippen LogP contribution in [0.4, 0.5) is 5.82 Å². The molecule has 0 spiro atoms. The fraction of sp³-hybridized carbons (Fsp3) is 0.333. The van der Waals surface area contributed by atoms with E-state index in [-0.39, 0.29) is 17.7 Å². The van der Waals surface area contributed by atoms with Crippen LogP contribution in [0.25, 0.3) is 11.2 Å². The maximum absolute atomic E-state index is 12.4. The minimum atomic E-state index is -1.12. The molecule has 196 valence electrons. The largest absolute Gasteiger partial charge is 0.389 e. The topological polar surface area (TPSA) is 113 Å². The van der Waals surface area contributed by atoms with Crippen molar-refractivity contribution in [2.75, 3.05) is 5.32 Å². The average molecular weight is 584 g/mol. The summed E-state index contributed by atoms with van der Waals surface area (Å²) >= 11 is 3.48. The third-order valence-electron chi connectivity index (χ3n) is 8.55. The van der Waals surface area contributed by atoms with Crippen molar-refractivity contribution in [3.8, 4) is 11.8 Å². The van der Waals surface area contributed by atoms with Crippen molar-refractivity contribution >= 4 is 38.7 Å². The van der Waals surface area contributed by atoms with Crippen LogP contribution in [0.15, 0.2) is 65.4 Å². The van der Waals surface area contributed by atoms with Gasteiger partial charge in [-0.15, -0.1) is 0 Å². The van der Waals surface area contributed by atoms with Crippen molar-refractivity contribution in [1.82, 2.24) is 19.5 Å². The van der Waals surface area contributed by atoms with Crippen LogP contribution < -0.4 is 5.32 Å². The zero-order valence-electron chi connectivity index (χ0n) is 21.1. The number of imidazole rings is 1. The van der Waals surface area contributed by atoms with Crippen LogP contribution in [0.2, 0.25) is 0 Å². The second kappa shape index (κ2) is 8.98. The van der Waals surface area contributed by atoms with Crippen LogP contribution in [-0.2, 0) is 4.79 Å². The summed E-state index contributed by atoms with van der Waals surface area (Å²) in [5, 5.41) is 25.4. The lowest BCUT2D eigenvalue weighted by Gasteiger charge is -2.23. The molecule has 7 rings (SSSR count). The van der Waals surface area contributed by atoms with E-state index < -0.39 is 23.7 Å². The molecule has 0 saturated heterocycles. The summed E-state index contributed by atoms with van der Waals surface area (Å²) < 4.78 is 2.73. The highest BCUT2D eigenvalue weighted by Gasteiger charge is 2.74. The summed E-state index contributed by atoms with van der Waals surface area (Å²) in [5.41, 5.74) is 2.29. The number of fused-ring (bicyclic) bond motifs is 2. The minimum absolute atomic E-state index is 0.0933. The van der Waals surface area contributed by atoms with Gasteiger partial charge in [-0.2, -0.15) is 0 Å². The molecule has 39 heavy (non-hydrogen) atoms. The Morgan fingerprint density at radius 1 is 1.13 bits per heavy atom. The minimum Gasteiger partial charge on any atom is -0.389 e. The van der Waals surface area contributed by atoms with E-state index in [0.29, 0.717) is 35.1 Å². The predicted octanol–water partition coefficient (Wildman–Crippen LogP) is 3.83. The Morgan fingerprint density at radius 3 is 2.69 bits per heavy atom. The van der Waals surface area contributed by atoms with Gasteiger partial charge >= 0.3 is 0 Å². The SMILES string of the molecule is CC(=O)[C@@]12CC1[C@@H](n1cnc3c(N[C@@H]4CC4c4ccccc4)nc(C#Cc4cccc(Br)c4)nc31)[C@H](O)C2O. The van der Waals surface area contributed by atoms with Gasteiger partial charge in [-0.25, -0.2) is 15.0 Å². The van der Waals surface area contributed by atoms with Crippen LogP contribution >= 0.6 is 15.9 Å². The number of nitrogens with one attached hydrogen (secondary N) is 1. The number of hydrogen-bond acceptors (Lipinski definition) is 7.